The summed E-state index contributed by atoms with van der Waals surface area (Å²) in [6.07, 6.45) is 1.52. The minimum absolute atomic E-state index is 0.0132. The van der Waals surface area contributed by atoms with E-state index < -0.39 is 0 Å². The number of carbonyl (C=O) groups excluding carboxylic acids is 2. The number of primary amides is 1. The summed E-state index contributed by atoms with van der Waals surface area (Å²) in [5, 5.41) is 3.94. The number of carbonyl (C=O) groups is 2. The number of nitrogens with two attached hydrogens (primary N) is 1. The summed E-state index contributed by atoms with van der Waals surface area (Å²) >= 11 is 1.68. The molecule has 1 aliphatic heterocycles. The molecule has 3 aromatic rings. The van der Waals surface area contributed by atoms with E-state index in [0.717, 1.165) is 47.7 Å². The summed E-state index contributed by atoms with van der Waals surface area (Å²) in [6.45, 7) is 4.09. The van der Waals surface area contributed by atoms with Crippen LogP contribution < -0.4 is 16.0 Å². The zero-order valence-corrected chi connectivity index (χ0v) is 17.2. The quantitative estimate of drug-likeness (QED) is 0.602. The molecule has 150 valence electrons. The molecule has 4 rings (SSSR count). The summed E-state index contributed by atoms with van der Waals surface area (Å²) in [5.74, 6) is -0.279. The van der Waals surface area contributed by atoms with Crippen LogP contribution in [-0.4, -0.2) is 36.4 Å². The van der Waals surface area contributed by atoms with Crippen LogP contribution >= 0.6 is 11.3 Å². The van der Waals surface area contributed by atoms with E-state index >= 15 is 0 Å². The van der Waals surface area contributed by atoms with Crippen LogP contribution in [0.15, 0.2) is 42.5 Å². The number of fused-ring (bicyclic) bond motifs is 1. The fourth-order valence-electron chi connectivity index (χ4n) is 3.77. The SMILES string of the molecule is Cc1ccc2nc(-c3ccc(NC(=O)C[NH+]4CCC(C(N)=O)CC4)cc3)sc2c1. The van der Waals surface area contributed by atoms with Crippen molar-refractivity contribution in [3.63, 3.8) is 0 Å². The van der Waals surface area contributed by atoms with Crippen molar-refractivity contribution in [2.24, 2.45) is 11.7 Å². The Morgan fingerprint density at radius 1 is 1.17 bits per heavy atom. The van der Waals surface area contributed by atoms with E-state index in [1.807, 2.05) is 30.3 Å². The third-order valence-electron chi connectivity index (χ3n) is 5.47. The molecule has 1 fully saturated rings. The second-order valence-corrected chi connectivity index (χ2v) is 8.75. The third-order valence-corrected chi connectivity index (χ3v) is 6.53. The number of anilines is 1. The molecule has 1 aromatic heterocycles. The van der Waals surface area contributed by atoms with Gasteiger partial charge in [0.05, 0.1) is 23.3 Å². The minimum Gasteiger partial charge on any atom is -0.369 e. The van der Waals surface area contributed by atoms with Crippen molar-refractivity contribution in [3.05, 3.63) is 48.0 Å². The van der Waals surface area contributed by atoms with Gasteiger partial charge in [-0.3, -0.25) is 9.59 Å². The normalized spacial score (nSPS) is 19.2. The van der Waals surface area contributed by atoms with E-state index in [1.165, 1.54) is 15.2 Å². The van der Waals surface area contributed by atoms with Gasteiger partial charge in [0.1, 0.15) is 5.01 Å². The van der Waals surface area contributed by atoms with E-state index in [4.69, 9.17) is 10.7 Å². The molecule has 2 aromatic carbocycles. The molecule has 1 aliphatic rings. The highest BCUT2D eigenvalue weighted by Crippen LogP contribution is 2.31. The van der Waals surface area contributed by atoms with Crippen molar-refractivity contribution in [1.29, 1.82) is 0 Å². The van der Waals surface area contributed by atoms with Gasteiger partial charge in [-0.05, 0) is 48.9 Å². The maximum Gasteiger partial charge on any atom is 0.279 e. The highest BCUT2D eigenvalue weighted by atomic mass is 32.1. The molecular formula is C22H25N4O2S+. The van der Waals surface area contributed by atoms with E-state index in [9.17, 15) is 9.59 Å². The highest BCUT2D eigenvalue weighted by molar-refractivity contribution is 7.21. The summed E-state index contributed by atoms with van der Waals surface area (Å²) < 4.78 is 1.18. The molecule has 2 amide bonds. The predicted molar refractivity (Wildman–Crippen MR) is 116 cm³/mol. The second-order valence-electron chi connectivity index (χ2n) is 7.72. The maximum absolute atomic E-state index is 12.4. The number of amides is 2. The van der Waals surface area contributed by atoms with Crippen LogP contribution in [-0.2, 0) is 9.59 Å². The van der Waals surface area contributed by atoms with Crippen molar-refractivity contribution in [2.75, 3.05) is 25.0 Å². The van der Waals surface area contributed by atoms with Gasteiger partial charge in [0.15, 0.2) is 6.54 Å². The lowest BCUT2D eigenvalue weighted by atomic mass is 9.96. The van der Waals surface area contributed by atoms with Gasteiger partial charge < -0.3 is 16.0 Å². The number of aryl methyl sites for hydroxylation is 1. The van der Waals surface area contributed by atoms with Crippen LogP contribution in [0, 0.1) is 12.8 Å². The number of benzene rings is 2. The van der Waals surface area contributed by atoms with Crippen LogP contribution in [0.5, 0.6) is 0 Å². The Hall–Kier alpha value is -2.77. The molecule has 29 heavy (non-hydrogen) atoms. The smallest absolute Gasteiger partial charge is 0.279 e. The van der Waals surface area contributed by atoms with Gasteiger partial charge in [-0.1, -0.05) is 6.07 Å². The maximum atomic E-state index is 12.4. The highest BCUT2D eigenvalue weighted by Gasteiger charge is 2.27. The monoisotopic (exact) mass is 409 g/mol. The van der Waals surface area contributed by atoms with Crippen LogP contribution in [0.3, 0.4) is 0 Å². The van der Waals surface area contributed by atoms with Gasteiger partial charge in [-0.15, -0.1) is 11.3 Å². The molecule has 4 N–H and O–H groups in total. The van der Waals surface area contributed by atoms with E-state index in [-0.39, 0.29) is 17.7 Å². The lowest BCUT2D eigenvalue weighted by Crippen LogP contribution is -3.14. The predicted octanol–water partition coefficient (Wildman–Crippen LogP) is 1.99. The number of rotatable bonds is 5. The molecule has 0 bridgehead atoms. The molecule has 2 heterocycles. The topological polar surface area (TPSA) is 89.5 Å². The summed E-state index contributed by atoms with van der Waals surface area (Å²) in [5.41, 5.74) is 9.43. The number of aromatic nitrogens is 1. The zero-order chi connectivity index (χ0) is 20.4. The van der Waals surface area contributed by atoms with Gasteiger partial charge in [0, 0.05) is 30.0 Å². The van der Waals surface area contributed by atoms with Crippen LogP contribution in [0.25, 0.3) is 20.8 Å². The van der Waals surface area contributed by atoms with Crippen molar-refractivity contribution in [1.82, 2.24) is 4.98 Å². The third kappa shape index (κ3) is 4.63. The summed E-state index contributed by atoms with van der Waals surface area (Å²) in [4.78, 5) is 29.5. The van der Waals surface area contributed by atoms with Crippen LogP contribution in [0.4, 0.5) is 5.69 Å². The molecule has 0 saturated carbocycles. The lowest BCUT2D eigenvalue weighted by molar-refractivity contribution is -0.897. The number of piperidine rings is 1. The number of nitrogens with one attached hydrogen (secondary N) is 2. The van der Waals surface area contributed by atoms with E-state index in [2.05, 4.69) is 24.4 Å². The number of likely N-dealkylation sites (tertiary alicyclic amines) is 1. The van der Waals surface area contributed by atoms with Crippen molar-refractivity contribution < 1.29 is 14.5 Å². The van der Waals surface area contributed by atoms with E-state index in [0.29, 0.717) is 6.54 Å². The zero-order valence-electron chi connectivity index (χ0n) is 16.4. The first-order valence-electron chi connectivity index (χ1n) is 9.88. The molecule has 0 atom stereocenters. The Kier molecular flexibility index (Phi) is 5.60. The number of nitrogens with zero attached hydrogens (tertiary/aromatic N) is 1. The average Bonchev–Trinajstić information content (AvgIpc) is 3.12. The molecule has 0 radical (unpaired) electrons. The van der Waals surface area contributed by atoms with Gasteiger partial charge in [-0.25, -0.2) is 4.98 Å². The van der Waals surface area contributed by atoms with Gasteiger partial charge in [-0.2, -0.15) is 0 Å². The Morgan fingerprint density at radius 2 is 1.90 bits per heavy atom. The first-order chi connectivity index (χ1) is 14.0. The summed E-state index contributed by atoms with van der Waals surface area (Å²) in [6, 6.07) is 14.1. The average molecular weight is 410 g/mol. The molecule has 0 unspecified atom stereocenters. The Balaban J connectivity index is 1.35. The van der Waals surface area contributed by atoms with Gasteiger partial charge in [0.2, 0.25) is 5.91 Å². The summed E-state index contributed by atoms with van der Waals surface area (Å²) in [7, 11) is 0. The molecule has 1 saturated heterocycles. The van der Waals surface area contributed by atoms with Crippen LogP contribution in [0.1, 0.15) is 18.4 Å². The lowest BCUT2D eigenvalue weighted by Gasteiger charge is -2.27. The number of hydrogen-bond acceptors (Lipinski definition) is 4. The molecule has 6 nitrogen and oxygen atoms in total. The first kappa shape index (κ1) is 19.5. The number of quaternary nitrogens is 1. The second kappa shape index (κ2) is 8.31. The molecule has 0 aliphatic carbocycles. The minimum atomic E-state index is -0.225. The molecular weight excluding hydrogens is 384 g/mol. The van der Waals surface area contributed by atoms with Crippen molar-refractivity contribution >= 4 is 39.1 Å². The Labute approximate surface area is 173 Å². The fourth-order valence-corrected chi connectivity index (χ4v) is 4.84. The Morgan fingerprint density at radius 3 is 2.59 bits per heavy atom. The largest absolute Gasteiger partial charge is 0.369 e. The first-order valence-corrected chi connectivity index (χ1v) is 10.7. The molecule has 7 heteroatoms. The van der Waals surface area contributed by atoms with Crippen LogP contribution in [0.2, 0.25) is 0 Å². The number of hydrogen-bond donors (Lipinski definition) is 3. The van der Waals surface area contributed by atoms with Crippen molar-refractivity contribution in [2.45, 2.75) is 19.8 Å². The number of thiazole rings is 1. The van der Waals surface area contributed by atoms with Gasteiger partial charge >= 0.3 is 0 Å². The van der Waals surface area contributed by atoms with Gasteiger partial charge in [0.25, 0.3) is 5.91 Å². The standard InChI is InChI=1S/C22H24N4O2S/c1-14-2-7-18-19(12-14)29-22(25-18)16-3-5-17(6-4-16)24-20(27)13-26-10-8-15(9-11-26)21(23)28/h2-7,12,15H,8-11,13H2,1H3,(H2,23,28)(H,24,27)/p+1. The molecule has 0 spiro atoms. The van der Waals surface area contributed by atoms with E-state index in [1.54, 1.807) is 11.3 Å². The Bertz CT molecular complexity index is 1040. The fraction of sp³-hybridized carbons (Fsp3) is 0.318. The van der Waals surface area contributed by atoms with Crippen molar-refractivity contribution in [3.8, 4) is 10.6 Å².